The van der Waals surface area contributed by atoms with Gasteiger partial charge in [-0.2, -0.15) is 0 Å². The Bertz CT molecular complexity index is 1050. The zero-order valence-electron chi connectivity index (χ0n) is 20.8. The van der Waals surface area contributed by atoms with Crippen molar-refractivity contribution in [3.63, 3.8) is 0 Å². The minimum atomic E-state index is -0.511. The van der Waals surface area contributed by atoms with E-state index in [1.807, 2.05) is 91.0 Å². The summed E-state index contributed by atoms with van der Waals surface area (Å²) in [6.45, 7) is 0.696. The first-order valence-corrected chi connectivity index (χ1v) is 11.5. The van der Waals surface area contributed by atoms with Crippen molar-refractivity contribution in [3.05, 3.63) is 122 Å². The molecule has 0 aromatic heterocycles. The predicted octanol–water partition coefficient (Wildman–Crippen LogP) is 4.78. The SMILES string of the molecule is CN(C[C@H](Cc1ccccc1)N(C[C@H](c1ccccc1)N(CCc1ccccc1)N=O)N=O)N=O.[Na]. The van der Waals surface area contributed by atoms with Gasteiger partial charge in [0.25, 0.3) is 0 Å². The van der Waals surface area contributed by atoms with Gasteiger partial charge in [0.05, 0.1) is 41.0 Å². The third-order valence-corrected chi connectivity index (χ3v) is 5.94. The number of nitroso groups, excluding NO2 is 3. The first-order chi connectivity index (χ1) is 17.1. The molecule has 0 saturated carbocycles. The van der Waals surface area contributed by atoms with E-state index in [4.69, 9.17) is 0 Å². The van der Waals surface area contributed by atoms with Crippen LogP contribution in [0.1, 0.15) is 22.7 Å². The molecule has 3 rings (SSSR count). The fourth-order valence-electron chi connectivity index (χ4n) is 4.10. The van der Waals surface area contributed by atoms with E-state index < -0.39 is 12.1 Å². The molecular formula is C26H30N6NaO3. The van der Waals surface area contributed by atoms with Crippen molar-refractivity contribution >= 4 is 29.6 Å². The van der Waals surface area contributed by atoms with Gasteiger partial charge >= 0.3 is 0 Å². The van der Waals surface area contributed by atoms with Crippen LogP contribution in [0.3, 0.4) is 0 Å². The maximum Gasteiger partial charge on any atom is 0.0945 e. The van der Waals surface area contributed by atoms with E-state index in [2.05, 4.69) is 15.9 Å². The molecule has 0 heterocycles. The second-order valence-electron chi connectivity index (χ2n) is 8.38. The minimum Gasteiger partial charge on any atom is -0.262 e. The summed E-state index contributed by atoms with van der Waals surface area (Å²) in [7, 11) is 1.56. The van der Waals surface area contributed by atoms with Crippen LogP contribution in [-0.4, -0.2) is 77.3 Å². The number of hydrogen-bond acceptors (Lipinski definition) is 6. The zero-order valence-corrected chi connectivity index (χ0v) is 22.8. The Morgan fingerprint density at radius 1 is 0.667 bits per heavy atom. The molecule has 1 radical (unpaired) electrons. The molecule has 10 heteroatoms. The molecule has 183 valence electrons. The smallest absolute Gasteiger partial charge is 0.0945 e. The molecule has 9 nitrogen and oxygen atoms in total. The van der Waals surface area contributed by atoms with E-state index in [0.29, 0.717) is 19.4 Å². The number of likely N-dealkylation sites (N-methyl/N-ethyl adjacent to an activating group) is 1. The maximum atomic E-state index is 12.1. The quantitative estimate of drug-likeness (QED) is 0.170. The summed E-state index contributed by atoms with van der Waals surface area (Å²) in [5, 5.41) is 13.7. The van der Waals surface area contributed by atoms with Gasteiger partial charge in [0.15, 0.2) is 0 Å². The van der Waals surface area contributed by atoms with Gasteiger partial charge in [-0.25, -0.2) is 0 Å². The molecule has 0 spiro atoms. The van der Waals surface area contributed by atoms with E-state index >= 15 is 0 Å². The maximum absolute atomic E-state index is 12.1. The number of rotatable bonds is 15. The average molecular weight is 498 g/mol. The number of hydrogen-bond donors (Lipinski definition) is 0. The van der Waals surface area contributed by atoms with Crippen LogP contribution in [0.4, 0.5) is 0 Å². The summed E-state index contributed by atoms with van der Waals surface area (Å²) >= 11 is 0. The van der Waals surface area contributed by atoms with Gasteiger partial charge in [-0.05, 0) is 29.5 Å². The first kappa shape index (κ1) is 29.1. The zero-order chi connectivity index (χ0) is 24.9. The Kier molecular flexibility index (Phi) is 12.7. The van der Waals surface area contributed by atoms with Crippen molar-refractivity contribution in [2.24, 2.45) is 15.9 Å². The van der Waals surface area contributed by atoms with Crippen molar-refractivity contribution in [2.75, 3.05) is 26.7 Å². The van der Waals surface area contributed by atoms with Gasteiger partial charge in [-0.15, -0.1) is 14.7 Å². The monoisotopic (exact) mass is 497 g/mol. The fourth-order valence-corrected chi connectivity index (χ4v) is 4.10. The molecule has 0 fully saturated rings. The molecular weight excluding hydrogens is 467 g/mol. The summed E-state index contributed by atoms with van der Waals surface area (Å²) < 4.78 is 0. The van der Waals surface area contributed by atoms with E-state index in [-0.39, 0.29) is 42.6 Å². The van der Waals surface area contributed by atoms with E-state index in [9.17, 15) is 14.7 Å². The normalized spacial score (nSPS) is 11.9. The summed E-state index contributed by atoms with van der Waals surface area (Å²) in [5.74, 6) is 0. The second-order valence-corrected chi connectivity index (χ2v) is 8.38. The van der Waals surface area contributed by atoms with Crippen molar-refractivity contribution in [1.82, 2.24) is 15.0 Å². The molecule has 3 aromatic rings. The molecule has 36 heavy (non-hydrogen) atoms. The van der Waals surface area contributed by atoms with E-state index in [1.54, 1.807) is 7.05 Å². The minimum absolute atomic E-state index is 0. The van der Waals surface area contributed by atoms with Crippen LogP contribution >= 0.6 is 0 Å². The standard InChI is InChI=1S/C26H30N6O3.Na/c1-30(27-33)20-25(19-23-13-7-3-8-14-23)32(29-35)21-26(24-15-9-4-10-16-24)31(28-34)18-17-22-11-5-2-6-12-22;/h2-16,25-26H,17-21H2,1H3;/t25-,26+;/m0./s1. The van der Waals surface area contributed by atoms with Crippen LogP contribution in [0.5, 0.6) is 0 Å². The third kappa shape index (κ3) is 8.82. The van der Waals surface area contributed by atoms with E-state index in [1.165, 1.54) is 15.0 Å². The second kappa shape index (κ2) is 15.8. The molecule has 0 amide bonds. The molecule has 0 aliphatic carbocycles. The van der Waals surface area contributed by atoms with Crippen molar-refractivity contribution in [2.45, 2.75) is 24.9 Å². The Morgan fingerprint density at radius 3 is 1.72 bits per heavy atom. The van der Waals surface area contributed by atoms with Crippen LogP contribution in [0, 0.1) is 14.7 Å². The van der Waals surface area contributed by atoms with Crippen LogP contribution < -0.4 is 0 Å². The van der Waals surface area contributed by atoms with Gasteiger partial charge in [0.2, 0.25) is 0 Å². The van der Waals surface area contributed by atoms with Gasteiger partial charge < -0.3 is 0 Å². The largest absolute Gasteiger partial charge is 0.262 e. The molecule has 0 unspecified atom stereocenters. The average Bonchev–Trinajstić information content (AvgIpc) is 2.92. The molecule has 0 aliphatic heterocycles. The summed E-state index contributed by atoms with van der Waals surface area (Å²) in [4.78, 5) is 35.2. The predicted molar refractivity (Wildman–Crippen MR) is 142 cm³/mol. The van der Waals surface area contributed by atoms with E-state index in [0.717, 1.165) is 16.7 Å². The topological polar surface area (TPSA) is 98.0 Å². The van der Waals surface area contributed by atoms with Crippen LogP contribution in [0.15, 0.2) is 107 Å². The molecule has 3 aromatic carbocycles. The Morgan fingerprint density at radius 2 is 1.19 bits per heavy atom. The van der Waals surface area contributed by atoms with Crippen molar-refractivity contribution < 1.29 is 0 Å². The van der Waals surface area contributed by atoms with Crippen LogP contribution in [-0.2, 0) is 12.8 Å². The van der Waals surface area contributed by atoms with Gasteiger partial charge in [-0.3, -0.25) is 15.0 Å². The molecule has 0 saturated heterocycles. The van der Waals surface area contributed by atoms with Gasteiger partial charge in [-0.1, -0.05) is 91.0 Å². The molecule has 0 bridgehead atoms. The van der Waals surface area contributed by atoms with Crippen molar-refractivity contribution in [3.8, 4) is 0 Å². The molecule has 2 atom stereocenters. The number of benzene rings is 3. The summed E-state index contributed by atoms with van der Waals surface area (Å²) in [6.07, 6.45) is 1.10. The third-order valence-electron chi connectivity index (χ3n) is 5.94. The number of nitrogens with zero attached hydrogens (tertiary/aromatic N) is 6. The van der Waals surface area contributed by atoms with Crippen LogP contribution in [0.2, 0.25) is 0 Å². The van der Waals surface area contributed by atoms with Crippen molar-refractivity contribution in [1.29, 1.82) is 0 Å². The van der Waals surface area contributed by atoms with Crippen LogP contribution in [0.25, 0.3) is 0 Å². The van der Waals surface area contributed by atoms with Gasteiger partial charge in [0, 0.05) is 43.1 Å². The Labute approximate surface area is 233 Å². The Hall–Kier alpha value is -3.14. The molecule has 0 aliphatic rings. The van der Waals surface area contributed by atoms with Gasteiger partial charge in [0.1, 0.15) is 0 Å². The summed E-state index contributed by atoms with van der Waals surface area (Å²) in [6, 6.07) is 28.0. The molecule has 0 N–H and O–H groups in total. The fraction of sp³-hybridized carbons (Fsp3) is 0.308. The first-order valence-electron chi connectivity index (χ1n) is 11.5. The Balaban J connectivity index is 0.00000456. The summed E-state index contributed by atoms with van der Waals surface area (Å²) in [5.41, 5.74) is 2.92.